The van der Waals surface area contributed by atoms with Gasteiger partial charge in [-0.05, 0) is 51.0 Å². The van der Waals surface area contributed by atoms with Crippen molar-refractivity contribution >= 4 is 28.2 Å². The van der Waals surface area contributed by atoms with Crippen LogP contribution in [-0.2, 0) is 4.79 Å². The summed E-state index contributed by atoms with van der Waals surface area (Å²) in [7, 11) is 0. The number of anilines is 2. The maximum absolute atomic E-state index is 13.3. The summed E-state index contributed by atoms with van der Waals surface area (Å²) in [5.74, 6) is 0.815. The van der Waals surface area contributed by atoms with Gasteiger partial charge in [0.2, 0.25) is 5.91 Å². The number of thiazole rings is 1. The molecule has 1 N–H and O–H groups in total. The molecule has 8 heteroatoms. The number of aryl methyl sites for hydroxylation is 2. The summed E-state index contributed by atoms with van der Waals surface area (Å²) < 4.78 is 18.8. The predicted molar refractivity (Wildman–Crippen MR) is 119 cm³/mol. The van der Waals surface area contributed by atoms with E-state index in [1.165, 1.54) is 17.0 Å². The minimum Gasteiger partial charge on any atom is -0.493 e. The molecule has 0 saturated carbocycles. The molecule has 31 heavy (non-hydrogen) atoms. The van der Waals surface area contributed by atoms with Gasteiger partial charge in [-0.15, -0.1) is 11.3 Å². The molecule has 2 aromatic heterocycles. The van der Waals surface area contributed by atoms with Gasteiger partial charge in [-0.1, -0.05) is 12.1 Å². The standard InChI is InChI=1S/C23H25FN4O2S/c1-15-16(2)31-23(25-15)27-21-10-4-8-19(26-21)20-9-5-12-28(20)22(29)11-13-30-18-7-3-6-17(24)14-18/h3-4,6-8,10,14,20H,5,9,11-13H2,1-2H3,(H,25,26,27)/t20-/m0/s1. The third-order valence-corrected chi connectivity index (χ3v) is 6.32. The Kier molecular flexibility index (Phi) is 6.46. The lowest BCUT2D eigenvalue weighted by Gasteiger charge is -2.24. The molecular formula is C23H25FN4O2S. The summed E-state index contributed by atoms with van der Waals surface area (Å²) in [6.45, 7) is 4.94. The van der Waals surface area contributed by atoms with Crippen LogP contribution in [0.1, 0.15) is 41.6 Å². The first kappa shape index (κ1) is 21.2. The second-order valence-corrected chi connectivity index (χ2v) is 8.74. The SMILES string of the molecule is Cc1nc(Nc2cccc([C@@H]3CCCN3C(=O)CCOc3cccc(F)c3)n2)sc1C. The Morgan fingerprint density at radius 3 is 2.87 bits per heavy atom. The average molecular weight is 441 g/mol. The lowest BCUT2D eigenvalue weighted by atomic mass is 10.1. The third-order valence-electron chi connectivity index (χ3n) is 5.33. The molecule has 3 aromatic rings. The summed E-state index contributed by atoms with van der Waals surface area (Å²) in [5.41, 5.74) is 1.88. The van der Waals surface area contributed by atoms with Crippen molar-refractivity contribution in [3.8, 4) is 5.75 Å². The summed E-state index contributed by atoms with van der Waals surface area (Å²) in [4.78, 5) is 25.1. The summed E-state index contributed by atoms with van der Waals surface area (Å²) in [6, 6.07) is 11.7. The largest absolute Gasteiger partial charge is 0.493 e. The van der Waals surface area contributed by atoms with Crippen LogP contribution in [-0.4, -0.2) is 33.9 Å². The van der Waals surface area contributed by atoms with E-state index in [4.69, 9.17) is 9.72 Å². The van der Waals surface area contributed by atoms with E-state index < -0.39 is 0 Å². The number of hydrogen-bond acceptors (Lipinski definition) is 6. The fourth-order valence-corrected chi connectivity index (χ4v) is 4.49. The maximum Gasteiger partial charge on any atom is 0.226 e. The van der Waals surface area contributed by atoms with Crippen molar-refractivity contribution in [3.63, 3.8) is 0 Å². The number of pyridine rings is 1. The highest BCUT2D eigenvalue weighted by Gasteiger charge is 2.30. The van der Waals surface area contributed by atoms with E-state index in [2.05, 4.69) is 10.3 Å². The Morgan fingerprint density at radius 2 is 2.10 bits per heavy atom. The first-order chi connectivity index (χ1) is 15.0. The number of nitrogens with one attached hydrogen (secondary N) is 1. The summed E-state index contributed by atoms with van der Waals surface area (Å²) >= 11 is 1.60. The quantitative estimate of drug-likeness (QED) is 0.549. The van der Waals surface area contributed by atoms with Crippen molar-refractivity contribution in [1.82, 2.24) is 14.9 Å². The van der Waals surface area contributed by atoms with Gasteiger partial charge in [0, 0.05) is 17.5 Å². The normalized spacial score (nSPS) is 15.8. The first-order valence-electron chi connectivity index (χ1n) is 10.4. The van der Waals surface area contributed by atoms with E-state index in [1.54, 1.807) is 23.5 Å². The molecule has 1 aliphatic heterocycles. The lowest BCUT2D eigenvalue weighted by Crippen LogP contribution is -2.32. The number of nitrogens with zero attached hydrogens (tertiary/aromatic N) is 3. The van der Waals surface area contributed by atoms with Gasteiger partial charge in [0.05, 0.1) is 30.5 Å². The zero-order valence-electron chi connectivity index (χ0n) is 17.6. The van der Waals surface area contributed by atoms with Gasteiger partial charge in [-0.25, -0.2) is 14.4 Å². The van der Waals surface area contributed by atoms with Crippen LogP contribution < -0.4 is 10.1 Å². The van der Waals surface area contributed by atoms with Crippen LogP contribution in [0.15, 0.2) is 42.5 Å². The zero-order chi connectivity index (χ0) is 21.8. The van der Waals surface area contributed by atoms with Crippen LogP contribution in [0.5, 0.6) is 5.75 Å². The van der Waals surface area contributed by atoms with E-state index in [9.17, 15) is 9.18 Å². The number of rotatable bonds is 7. The average Bonchev–Trinajstić information content (AvgIpc) is 3.35. The summed E-state index contributed by atoms with van der Waals surface area (Å²) in [6.07, 6.45) is 2.05. The van der Waals surface area contributed by atoms with Gasteiger partial charge in [0.25, 0.3) is 0 Å². The second-order valence-electron chi connectivity index (χ2n) is 7.53. The number of likely N-dealkylation sites (tertiary alicyclic amines) is 1. The molecule has 1 fully saturated rings. The number of amides is 1. The van der Waals surface area contributed by atoms with Crippen LogP contribution in [0.3, 0.4) is 0 Å². The Labute approximate surface area is 185 Å². The Hall–Kier alpha value is -3.00. The zero-order valence-corrected chi connectivity index (χ0v) is 18.4. The van der Waals surface area contributed by atoms with Crippen molar-refractivity contribution in [2.75, 3.05) is 18.5 Å². The molecule has 4 rings (SSSR count). The Bertz CT molecular complexity index is 1050. The molecule has 0 unspecified atom stereocenters. The molecule has 0 spiro atoms. The third kappa shape index (κ3) is 5.19. The van der Waals surface area contributed by atoms with Crippen molar-refractivity contribution in [2.24, 2.45) is 0 Å². The van der Waals surface area contributed by atoms with Gasteiger partial charge >= 0.3 is 0 Å². The van der Waals surface area contributed by atoms with Gasteiger partial charge < -0.3 is 15.0 Å². The number of halogens is 1. The molecule has 0 aliphatic carbocycles. The number of carbonyl (C=O) groups excluding carboxylic acids is 1. The van der Waals surface area contributed by atoms with Crippen LogP contribution in [0.25, 0.3) is 0 Å². The first-order valence-corrected chi connectivity index (χ1v) is 11.2. The van der Waals surface area contributed by atoms with E-state index in [0.717, 1.165) is 35.2 Å². The molecule has 162 valence electrons. The molecule has 1 saturated heterocycles. The molecule has 1 aromatic carbocycles. The smallest absolute Gasteiger partial charge is 0.226 e. The monoisotopic (exact) mass is 440 g/mol. The van der Waals surface area contributed by atoms with Crippen molar-refractivity contribution < 1.29 is 13.9 Å². The lowest BCUT2D eigenvalue weighted by molar-refractivity contribution is -0.132. The van der Waals surface area contributed by atoms with Gasteiger partial charge in [-0.3, -0.25) is 4.79 Å². The number of hydrogen-bond donors (Lipinski definition) is 1. The minimum absolute atomic E-state index is 0.0187. The number of benzene rings is 1. The van der Waals surface area contributed by atoms with Crippen LogP contribution in [0, 0.1) is 19.7 Å². The van der Waals surface area contributed by atoms with Crippen LogP contribution >= 0.6 is 11.3 Å². The molecule has 0 radical (unpaired) electrons. The Balaban J connectivity index is 1.38. The maximum atomic E-state index is 13.3. The number of aromatic nitrogens is 2. The van der Waals surface area contributed by atoms with Crippen molar-refractivity contribution in [2.45, 2.75) is 39.2 Å². The van der Waals surface area contributed by atoms with E-state index in [1.807, 2.05) is 36.9 Å². The molecule has 6 nitrogen and oxygen atoms in total. The Morgan fingerprint density at radius 1 is 1.26 bits per heavy atom. The van der Waals surface area contributed by atoms with Gasteiger partial charge in [0.15, 0.2) is 5.13 Å². The molecular weight excluding hydrogens is 415 g/mol. The minimum atomic E-state index is -0.355. The fourth-order valence-electron chi connectivity index (χ4n) is 3.67. The molecule has 3 heterocycles. The topological polar surface area (TPSA) is 67.4 Å². The highest BCUT2D eigenvalue weighted by atomic mass is 32.1. The second kappa shape index (κ2) is 9.43. The molecule has 0 bridgehead atoms. The predicted octanol–water partition coefficient (Wildman–Crippen LogP) is 5.17. The van der Waals surface area contributed by atoms with E-state index in [-0.39, 0.29) is 30.8 Å². The van der Waals surface area contributed by atoms with Crippen molar-refractivity contribution in [3.05, 3.63) is 64.5 Å². The summed E-state index contributed by atoms with van der Waals surface area (Å²) in [5, 5.41) is 4.09. The van der Waals surface area contributed by atoms with Crippen LogP contribution in [0.2, 0.25) is 0 Å². The van der Waals surface area contributed by atoms with E-state index >= 15 is 0 Å². The van der Waals surface area contributed by atoms with Gasteiger partial charge in [0.1, 0.15) is 17.4 Å². The number of carbonyl (C=O) groups is 1. The van der Waals surface area contributed by atoms with Crippen LogP contribution in [0.4, 0.5) is 15.3 Å². The molecule has 1 amide bonds. The van der Waals surface area contributed by atoms with E-state index in [0.29, 0.717) is 12.3 Å². The fraction of sp³-hybridized carbons (Fsp3) is 0.348. The molecule has 1 atom stereocenters. The van der Waals surface area contributed by atoms with Crippen molar-refractivity contribution in [1.29, 1.82) is 0 Å². The number of ether oxygens (including phenoxy) is 1. The van der Waals surface area contributed by atoms with Gasteiger partial charge in [-0.2, -0.15) is 0 Å². The highest BCUT2D eigenvalue weighted by molar-refractivity contribution is 7.15. The molecule has 1 aliphatic rings. The highest BCUT2D eigenvalue weighted by Crippen LogP contribution is 2.32.